The van der Waals surface area contributed by atoms with Crippen LogP contribution in [0, 0.1) is 0 Å². The van der Waals surface area contributed by atoms with Gasteiger partial charge in [-0.25, -0.2) is 4.79 Å². The van der Waals surface area contributed by atoms with Gasteiger partial charge in [-0.15, -0.1) is 0 Å². The van der Waals surface area contributed by atoms with Gasteiger partial charge in [0.25, 0.3) is 0 Å². The lowest BCUT2D eigenvalue weighted by atomic mass is 10.1. The van der Waals surface area contributed by atoms with E-state index in [-0.39, 0.29) is 12.1 Å². The summed E-state index contributed by atoms with van der Waals surface area (Å²) in [6.45, 7) is 8.81. The number of rotatable bonds is 7. The van der Waals surface area contributed by atoms with Gasteiger partial charge in [0.1, 0.15) is 11.4 Å². The first kappa shape index (κ1) is 18.0. The van der Waals surface area contributed by atoms with Gasteiger partial charge < -0.3 is 19.8 Å². The van der Waals surface area contributed by atoms with Gasteiger partial charge in [-0.2, -0.15) is 0 Å². The van der Waals surface area contributed by atoms with E-state index in [2.05, 4.69) is 33.5 Å². The number of amides is 1. The lowest BCUT2D eigenvalue weighted by Crippen LogP contribution is -2.42. The Morgan fingerprint density at radius 1 is 1.48 bits per heavy atom. The highest BCUT2D eigenvalue weighted by atomic mass is 79.9. The zero-order valence-electron chi connectivity index (χ0n) is 13.2. The van der Waals surface area contributed by atoms with E-state index in [4.69, 9.17) is 9.15 Å². The molecule has 0 aromatic carbocycles. The van der Waals surface area contributed by atoms with Gasteiger partial charge >= 0.3 is 6.09 Å². The second-order valence-corrected chi connectivity index (χ2v) is 6.80. The van der Waals surface area contributed by atoms with E-state index >= 15 is 0 Å². The molecule has 6 heteroatoms. The molecule has 1 amide bonds. The molecule has 0 aliphatic carbocycles. The number of alkyl carbamates (subject to hydrolysis) is 1. The van der Waals surface area contributed by atoms with Crippen LogP contribution in [0.4, 0.5) is 4.79 Å². The second-order valence-electron chi connectivity index (χ2n) is 5.94. The Bertz CT molecular complexity index is 440. The molecular formula is C15H25BrN2O3. The minimum Gasteiger partial charge on any atom is -0.467 e. The number of nitrogens with one attached hydrogen (secondary N) is 2. The van der Waals surface area contributed by atoms with Crippen LogP contribution in [0.3, 0.4) is 0 Å². The summed E-state index contributed by atoms with van der Waals surface area (Å²) >= 11 is 3.43. The Morgan fingerprint density at radius 2 is 2.19 bits per heavy atom. The molecule has 1 aromatic heterocycles. The first-order chi connectivity index (χ1) is 9.81. The lowest BCUT2D eigenvalue weighted by molar-refractivity contribution is 0.0521. The quantitative estimate of drug-likeness (QED) is 0.775. The Balaban J connectivity index is 2.39. The fraction of sp³-hybridized carbons (Fsp3) is 0.667. The monoisotopic (exact) mass is 360 g/mol. The topological polar surface area (TPSA) is 63.5 Å². The Kier molecular flexibility index (Phi) is 7.25. The fourth-order valence-corrected chi connectivity index (χ4v) is 2.18. The fourth-order valence-electron chi connectivity index (χ4n) is 1.83. The Morgan fingerprint density at radius 3 is 2.71 bits per heavy atom. The van der Waals surface area contributed by atoms with E-state index < -0.39 is 5.60 Å². The lowest BCUT2D eigenvalue weighted by Gasteiger charge is -2.22. The zero-order chi connectivity index (χ0) is 15.9. The molecule has 0 radical (unpaired) electrons. The maximum atomic E-state index is 11.7. The predicted molar refractivity (Wildman–Crippen MR) is 86.2 cm³/mol. The molecular weight excluding hydrogens is 336 g/mol. The van der Waals surface area contributed by atoms with Gasteiger partial charge in [-0.3, -0.25) is 0 Å². The molecule has 21 heavy (non-hydrogen) atoms. The summed E-state index contributed by atoms with van der Waals surface area (Å²) in [7, 11) is 0. The normalized spacial score (nSPS) is 13.0. The predicted octanol–water partition coefficient (Wildman–Crippen LogP) is 3.83. The highest BCUT2D eigenvalue weighted by molar-refractivity contribution is 9.10. The zero-order valence-corrected chi connectivity index (χ0v) is 14.7. The number of hydrogen-bond acceptors (Lipinski definition) is 4. The molecule has 0 aliphatic heterocycles. The highest BCUT2D eigenvalue weighted by Gasteiger charge is 2.17. The average molecular weight is 361 g/mol. The molecule has 1 heterocycles. The molecule has 1 aromatic rings. The van der Waals surface area contributed by atoms with Crippen molar-refractivity contribution in [2.24, 2.45) is 0 Å². The van der Waals surface area contributed by atoms with Crippen LogP contribution < -0.4 is 10.6 Å². The van der Waals surface area contributed by atoms with E-state index in [1.165, 1.54) is 0 Å². The van der Waals surface area contributed by atoms with Crippen molar-refractivity contribution in [3.63, 3.8) is 0 Å². The number of halogens is 1. The molecule has 0 bridgehead atoms. The summed E-state index contributed by atoms with van der Waals surface area (Å²) in [5.74, 6) is 0.855. The van der Waals surface area contributed by atoms with Crippen LogP contribution in [-0.4, -0.2) is 24.3 Å². The van der Waals surface area contributed by atoms with Crippen molar-refractivity contribution in [1.82, 2.24) is 10.6 Å². The van der Waals surface area contributed by atoms with Crippen LogP contribution >= 0.6 is 15.9 Å². The summed E-state index contributed by atoms with van der Waals surface area (Å²) in [5.41, 5.74) is -0.475. The number of carbonyl (C=O) groups is 1. The molecule has 2 N–H and O–H groups in total. The van der Waals surface area contributed by atoms with E-state index in [9.17, 15) is 4.79 Å². The van der Waals surface area contributed by atoms with Crippen molar-refractivity contribution >= 4 is 22.0 Å². The maximum Gasteiger partial charge on any atom is 0.407 e. The largest absolute Gasteiger partial charge is 0.467 e. The maximum absolute atomic E-state index is 11.7. The van der Waals surface area contributed by atoms with Crippen LogP contribution in [0.2, 0.25) is 0 Å². The first-order valence-electron chi connectivity index (χ1n) is 7.24. The van der Waals surface area contributed by atoms with Crippen LogP contribution in [0.5, 0.6) is 0 Å². The summed E-state index contributed by atoms with van der Waals surface area (Å²) in [6.07, 6.45) is 3.26. The van der Waals surface area contributed by atoms with Crippen LogP contribution in [0.15, 0.2) is 21.2 Å². The Labute approximate surface area is 134 Å². The molecule has 1 unspecified atom stereocenters. The number of carbonyl (C=O) groups excluding carboxylic acids is 1. The molecule has 0 aliphatic rings. The molecule has 120 valence electrons. The number of ether oxygens (including phenoxy) is 1. The van der Waals surface area contributed by atoms with E-state index in [0.717, 1.165) is 23.1 Å². The van der Waals surface area contributed by atoms with Crippen molar-refractivity contribution in [3.8, 4) is 0 Å². The van der Waals surface area contributed by atoms with Crippen molar-refractivity contribution in [2.45, 2.75) is 58.7 Å². The first-order valence-corrected chi connectivity index (χ1v) is 8.03. The van der Waals surface area contributed by atoms with Gasteiger partial charge in [0.2, 0.25) is 0 Å². The molecule has 1 rings (SSSR count). The molecule has 5 nitrogen and oxygen atoms in total. The third-order valence-corrected chi connectivity index (χ3v) is 3.48. The van der Waals surface area contributed by atoms with Gasteiger partial charge in [-0.05, 0) is 49.2 Å². The summed E-state index contributed by atoms with van der Waals surface area (Å²) < 4.78 is 11.5. The standard InChI is InChI=1S/C15H25BrN2O3/c1-5-6-11(9-18-14(19)21-15(2,3)4)17-10-13-12(16)7-8-20-13/h7-8,11,17H,5-6,9-10H2,1-4H3,(H,18,19). The summed E-state index contributed by atoms with van der Waals surface area (Å²) in [6, 6.07) is 2.05. The third kappa shape index (κ3) is 7.52. The van der Waals surface area contributed by atoms with E-state index in [1.54, 1.807) is 6.26 Å². The number of furan rings is 1. The smallest absolute Gasteiger partial charge is 0.407 e. The van der Waals surface area contributed by atoms with Crippen molar-refractivity contribution in [2.75, 3.05) is 6.54 Å². The molecule has 0 fully saturated rings. The minimum atomic E-state index is -0.475. The summed E-state index contributed by atoms with van der Waals surface area (Å²) in [4.78, 5) is 11.7. The molecule has 0 saturated carbocycles. The van der Waals surface area contributed by atoms with Crippen LogP contribution in [0.25, 0.3) is 0 Å². The summed E-state index contributed by atoms with van der Waals surface area (Å²) in [5, 5.41) is 6.19. The third-order valence-electron chi connectivity index (χ3n) is 2.77. The molecule has 0 spiro atoms. The van der Waals surface area contributed by atoms with Crippen molar-refractivity contribution in [1.29, 1.82) is 0 Å². The number of hydrogen-bond donors (Lipinski definition) is 2. The minimum absolute atomic E-state index is 0.180. The van der Waals surface area contributed by atoms with E-state index in [1.807, 2.05) is 26.8 Å². The second kappa shape index (κ2) is 8.44. The highest BCUT2D eigenvalue weighted by Crippen LogP contribution is 2.17. The molecule has 0 saturated heterocycles. The SMILES string of the molecule is CCCC(CNC(=O)OC(C)(C)C)NCc1occc1Br. The van der Waals surface area contributed by atoms with E-state index in [0.29, 0.717) is 13.1 Å². The van der Waals surface area contributed by atoms with Gasteiger partial charge in [0.15, 0.2) is 0 Å². The van der Waals surface area contributed by atoms with Gasteiger partial charge in [-0.1, -0.05) is 13.3 Å². The Hall–Kier alpha value is -1.01. The van der Waals surface area contributed by atoms with Gasteiger partial charge in [0.05, 0.1) is 17.3 Å². The molecule has 1 atom stereocenters. The van der Waals surface area contributed by atoms with Gasteiger partial charge in [0, 0.05) is 12.6 Å². The van der Waals surface area contributed by atoms with Crippen molar-refractivity contribution < 1.29 is 13.9 Å². The van der Waals surface area contributed by atoms with Crippen molar-refractivity contribution in [3.05, 3.63) is 22.6 Å². The van der Waals surface area contributed by atoms with Crippen LogP contribution in [0.1, 0.15) is 46.3 Å². The van der Waals surface area contributed by atoms with Crippen LogP contribution in [-0.2, 0) is 11.3 Å². The average Bonchev–Trinajstić information content (AvgIpc) is 2.76.